The molecular weight excluding hydrogens is 478 g/mol. The quantitative estimate of drug-likeness (QED) is 0.553. The second-order valence-electron chi connectivity index (χ2n) is 9.02. The standard InChI is InChI=1S/C24H24F2N4O4S/c1-14-8-10-30(24(14,2)3)21-18(6-7-19(28-21)15-11-16(25)13-17(26)12-15)22(31)29-35(33,34)20-5-4-9-27-23(20)32/h4-7,9,11-14H,8,10H2,1-3H3,(H,27,32)(H,29,31). The largest absolute Gasteiger partial charge is 0.351 e. The highest BCUT2D eigenvalue weighted by molar-refractivity contribution is 7.90. The van der Waals surface area contributed by atoms with Crippen LogP contribution in [0.4, 0.5) is 14.6 Å². The summed E-state index contributed by atoms with van der Waals surface area (Å²) in [5.74, 6) is -2.14. The molecule has 3 heterocycles. The lowest BCUT2D eigenvalue weighted by Gasteiger charge is -2.36. The van der Waals surface area contributed by atoms with Gasteiger partial charge < -0.3 is 9.88 Å². The molecule has 1 atom stereocenters. The van der Waals surface area contributed by atoms with Crippen molar-refractivity contribution in [2.45, 2.75) is 37.6 Å². The molecule has 0 radical (unpaired) electrons. The van der Waals surface area contributed by atoms with E-state index in [1.54, 1.807) is 0 Å². The Hall–Kier alpha value is -3.60. The monoisotopic (exact) mass is 502 g/mol. The number of hydrogen-bond donors (Lipinski definition) is 2. The number of aromatic amines is 1. The highest BCUT2D eigenvalue weighted by atomic mass is 32.2. The maximum absolute atomic E-state index is 13.8. The number of rotatable bonds is 5. The smallest absolute Gasteiger partial charge is 0.269 e. The fourth-order valence-electron chi connectivity index (χ4n) is 4.15. The summed E-state index contributed by atoms with van der Waals surface area (Å²) in [6.45, 7) is 6.54. The molecule has 1 unspecified atom stereocenters. The third-order valence-electron chi connectivity index (χ3n) is 6.52. The van der Waals surface area contributed by atoms with Crippen LogP contribution in [-0.2, 0) is 10.0 Å². The average molecular weight is 503 g/mol. The number of hydrogen-bond acceptors (Lipinski definition) is 6. The zero-order valence-corrected chi connectivity index (χ0v) is 20.1. The zero-order chi connectivity index (χ0) is 25.5. The number of benzene rings is 1. The van der Waals surface area contributed by atoms with Gasteiger partial charge in [-0.3, -0.25) is 9.59 Å². The molecule has 1 saturated heterocycles. The highest BCUT2D eigenvalue weighted by Gasteiger charge is 2.41. The number of carbonyl (C=O) groups excluding carboxylic acids is 1. The number of nitrogens with one attached hydrogen (secondary N) is 2. The minimum atomic E-state index is -4.48. The number of anilines is 1. The van der Waals surface area contributed by atoms with Crippen LogP contribution in [0.1, 0.15) is 37.6 Å². The predicted molar refractivity (Wildman–Crippen MR) is 127 cm³/mol. The van der Waals surface area contributed by atoms with Crippen LogP contribution in [0.3, 0.4) is 0 Å². The molecule has 0 spiro atoms. The van der Waals surface area contributed by atoms with E-state index in [1.165, 1.54) is 24.4 Å². The van der Waals surface area contributed by atoms with Crippen LogP contribution in [0.25, 0.3) is 11.3 Å². The fourth-order valence-corrected chi connectivity index (χ4v) is 5.18. The summed E-state index contributed by atoms with van der Waals surface area (Å²) in [5.41, 5.74) is -0.978. The van der Waals surface area contributed by atoms with Gasteiger partial charge >= 0.3 is 0 Å². The van der Waals surface area contributed by atoms with Crippen LogP contribution < -0.4 is 15.2 Å². The van der Waals surface area contributed by atoms with Crippen molar-refractivity contribution in [2.75, 3.05) is 11.4 Å². The van der Waals surface area contributed by atoms with Crippen molar-refractivity contribution >= 4 is 21.7 Å². The Kier molecular flexibility index (Phi) is 6.22. The van der Waals surface area contributed by atoms with E-state index in [4.69, 9.17) is 0 Å². The molecule has 0 bridgehead atoms. The molecule has 8 nitrogen and oxygen atoms in total. The lowest BCUT2D eigenvalue weighted by Crippen LogP contribution is -2.44. The number of sulfonamides is 1. The first-order valence-electron chi connectivity index (χ1n) is 10.9. The molecule has 1 amide bonds. The van der Waals surface area contributed by atoms with Crippen LogP contribution in [0, 0.1) is 17.6 Å². The molecule has 3 aromatic rings. The van der Waals surface area contributed by atoms with Crippen molar-refractivity contribution in [3.05, 3.63) is 76.2 Å². The van der Waals surface area contributed by atoms with E-state index in [9.17, 15) is 26.8 Å². The van der Waals surface area contributed by atoms with Crippen LogP contribution in [0.5, 0.6) is 0 Å². The maximum atomic E-state index is 13.8. The Morgan fingerprint density at radius 2 is 1.86 bits per heavy atom. The predicted octanol–water partition coefficient (Wildman–Crippen LogP) is 3.46. The number of halogens is 2. The topological polar surface area (TPSA) is 112 Å². The van der Waals surface area contributed by atoms with Gasteiger partial charge in [0.15, 0.2) is 4.90 Å². The third-order valence-corrected chi connectivity index (χ3v) is 7.87. The molecule has 0 saturated carbocycles. The van der Waals surface area contributed by atoms with Crippen molar-refractivity contribution in [1.82, 2.24) is 14.7 Å². The molecule has 2 aromatic heterocycles. The summed E-state index contributed by atoms with van der Waals surface area (Å²) in [6.07, 6.45) is 2.07. The Balaban J connectivity index is 1.81. The Morgan fingerprint density at radius 3 is 2.46 bits per heavy atom. The van der Waals surface area contributed by atoms with E-state index >= 15 is 0 Å². The van der Waals surface area contributed by atoms with Crippen molar-refractivity contribution in [1.29, 1.82) is 0 Å². The van der Waals surface area contributed by atoms with E-state index in [2.05, 4.69) is 16.9 Å². The second kappa shape index (κ2) is 8.88. The molecule has 4 rings (SSSR count). The molecule has 2 N–H and O–H groups in total. The number of aromatic nitrogens is 2. The summed E-state index contributed by atoms with van der Waals surface area (Å²) in [5, 5.41) is 0. The molecular formula is C24H24F2N4O4S. The van der Waals surface area contributed by atoms with Crippen LogP contribution in [-0.4, -0.2) is 36.4 Å². The van der Waals surface area contributed by atoms with Gasteiger partial charge in [0.05, 0.1) is 11.3 Å². The summed E-state index contributed by atoms with van der Waals surface area (Å²) in [4.78, 5) is 33.2. The van der Waals surface area contributed by atoms with E-state index in [-0.39, 0.29) is 28.6 Å². The van der Waals surface area contributed by atoms with Crippen LogP contribution >= 0.6 is 0 Å². The minimum Gasteiger partial charge on any atom is -0.351 e. The summed E-state index contributed by atoms with van der Waals surface area (Å²) < 4.78 is 55.1. The molecule has 1 aliphatic rings. The Labute approximate surface area is 201 Å². The average Bonchev–Trinajstić information content (AvgIpc) is 3.04. The van der Waals surface area contributed by atoms with Gasteiger partial charge in [-0.1, -0.05) is 6.92 Å². The van der Waals surface area contributed by atoms with Crippen molar-refractivity contribution in [3.8, 4) is 11.3 Å². The SMILES string of the molecule is CC1CCN(c2nc(-c3cc(F)cc(F)c3)ccc2C(=O)NS(=O)(=O)c2ccc[nH]c2=O)C1(C)C. The van der Waals surface area contributed by atoms with Crippen molar-refractivity contribution in [3.63, 3.8) is 0 Å². The zero-order valence-electron chi connectivity index (χ0n) is 19.3. The molecule has 184 valence electrons. The third kappa shape index (κ3) is 4.68. The van der Waals surface area contributed by atoms with Gasteiger partial charge in [0.2, 0.25) is 0 Å². The first-order valence-corrected chi connectivity index (χ1v) is 12.4. The summed E-state index contributed by atoms with van der Waals surface area (Å²) >= 11 is 0. The van der Waals surface area contributed by atoms with Gasteiger partial charge in [0.1, 0.15) is 17.5 Å². The molecule has 35 heavy (non-hydrogen) atoms. The molecule has 1 aromatic carbocycles. The number of pyridine rings is 2. The minimum absolute atomic E-state index is 0.0521. The van der Waals surface area contributed by atoms with E-state index < -0.39 is 43.6 Å². The normalized spacial score (nSPS) is 17.4. The molecule has 1 fully saturated rings. The lowest BCUT2D eigenvalue weighted by molar-refractivity contribution is 0.0981. The number of amides is 1. The van der Waals surface area contributed by atoms with Crippen molar-refractivity contribution in [2.24, 2.45) is 5.92 Å². The lowest BCUT2D eigenvalue weighted by atomic mass is 9.90. The summed E-state index contributed by atoms with van der Waals surface area (Å²) in [6, 6.07) is 8.15. The number of nitrogens with zero attached hydrogens (tertiary/aromatic N) is 2. The van der Waals surface area contributed by atoms with Gasteiger partial charge in [0.25, 0.3) is 21.5 Å². The van der Waals surface area contributed by atoms with E-state index in [0.717, 1.165) is 30.7 Å². The number of H-pyrrole nitrogens is 1. The molecule has 1 aliphatic heterocycles. The number of carbonyl (C=O) groups is 1. The van der Waals surface area contributed by atoms with Gasteiger partial charge in [-0.25, -0.2) is 26.9 Å². The maximum Gasteiger partial charge on any atom is 0.269 e. The van der Waals surface area contributed by atoms with E-state index in [1.807, 2.05) is 23.5 Å². The van der Waals surface area contributed by atoms with Gasteiger partial charge in [-0.15, -0.1) is 0 Å². The van der Waals surface area contributed by atoms with Crippen molar-refractivity contribution < 1.29 is 22.0 Å². The summed E-state index contributed by atoms with van der Waals surface area (Å²) in [7, 11) is -4.48. The van der Waals surface area contributed by atoms with Crippen LogP contribution in [0.15, 0.2) is 58.4 Å². The van der Waals surface area contributed by atoms with Gasteiger partial charge in [-0.2, -0.15) is 0 Å². The van der Waals surface area contributed by atoms with Crippen LogP contribution in [0.2, 0.25) is 0 Å². The molecule has 11 heteroatoms. The van der Waals surface area contributed by atoms with E-state index in [0.29, 0.717) is 6.54 Å². The highest BCUT2D eigenvalue weighted by Crippen LogP contribution is 2.39. The van der Waals surface area contributed by atoms with Gasteiger partial charge in [-0.05, 0) is 62.6 Å². The Morgan fingerprint density at radius 1 is 1.17 bits per heavy atom. The molecule has 0 aliphatic carbocycles. The van der Waals surface area contributed by atoms with Gasteiger partial charge in [0, 0.05) is 29.9 Å². The second-order valence-corrected chi connectivity index (χ2v) is 10.7. The first-order chi connectivity index (χ1) is 16.4. The Bertz CT molecular complexity index is 1450. The first kappa shape index (κ1) is 24.5. The fraction of sp³-hybridized carbons (Fsp3) is 0.292.